The van der Waals surface area contributed by atoms with Crippen LogP contribution >= 0.6 is 11.3 Å². The molecule has 2 rings (SSSR count). The summed E-state index contributed by atoms with van der Waals surface area (Å²) in [5.74, 6) is 0.633. The van der Waals surface area contributed by atoms with Gasteiger partial charge in [-0.15, -0.1) is 11.3 Å². The number of benzene rings is 1. The van der Waals surface area contributed by atoms with Gasteiger partial charge in [-0.1, -0.05) is 70.5 Å². The van der Waals surface area contributed by atoms with Crippen molar-refractivity contribution in [3.05, 3.63) is 63.6 Å². The molecule has 1 aromatic carbocycles. The minimum absolute atomic E-state index is 0.120. The van der Waals surface area contributed by atoms with Gasteiger partial charge in [-0.05, 0) is 42.7 Å². The first-order valence-electron chi connectivity index (χ1n) is 12.8. The van der Waals surface area contributed by atoms with Gasteiger partial charge in [0, 0.05) is 31.3 Å². The maximum absolute atomic E-state index is 13.0. The Morgan fingerprint density at radius 1 is 1.17 bits per heavy atom. The Bertz CT molecular complexity index is 1020. The lowest BCUT2D eigenvalue weighted by Gasteiger charge is -2.32. The molecule has 196 valence electrons. The highest BCUT2D eigenvalue weighted by Gasteiger charge is 2.24. The zero-order valence-corrected chi connectivity index (χ0v) is 23.3. The molecule has 0 aliphatic rings. The van der Waals surface area contributed by atoms with E-state index in [0.717, 1.165) is 29.7 Å². The molecule has 1 N–H and O–H groups in total. The molecule has 3 unspecified atom stereocenters. The Balaban J connectivity index is 2.03. The predicted octanol–water partition coefficient (Wildman–Crippen LogP) is 5.48. The molecule has 0 spiro atoms. The standard InChI is InChI=1S/C29H41N3O3S/c1-7-21(4)16-28(34)32(6)26(20(2)3)13-14-27-31-25(19-36-27)29(35)30-24(15-22(5)18-33)17-23-11-9-8-10-12-23/h8-12,15,18-21,24,26H,7,13-14,16-17H2,1-6H3,(H,30,35)/b22-15+. The van der Waals surface area contributed by atoms with Gasteiger partial charge >= 0.3 is 0 Å². The van der Waals surface area contributed by atoms with E-state index in [2.05, 4.69) is 38.0 Å². The van der Waals surface area contributed by atoms with Crippen LogP contribution in [-0.2, 0) is 22.4 Å². The van der Waals surface area contributed by atoms with Crippen LogP contribution in [0, 0.1) is 11.8 Å². The van der Waals surface area contributed by atoms with E-state index in [1.807, 2.05) is 42.3 Å². The van der Waals surface area contributed by atoms with E-state index in [4.69, 9.17) is 0 Å². The zero-order valence-electron chi connectivity index (χ0n) is 22.5. The number of hydrogen-bond acceptors (Lipinski definition) is 5. The van der Waals surface area contributed by atoms with E-state index in [9.17, 15) is 14.4 Å². The average molecular weight is 512 g/mol. The normalized spacial score (nSPS) is 14.2. The fourth-order valence-corrected chi connectivity index (χ4v) is 4.96. The lowest BCUT2D eigenvalue weighted by Crippen LogP contribution is -2.41. The molecular formula is C29H41N3O3S. The molecule has 36 heavy (non-hydrogen) atoms. The summed E-state index contributed by atoms with van der Waals surface area (Å²) in [6.07, 6.45) is 6.23. The second-order valence-corrected chi connectivity index (χ2v) is 10.9. The summed E-state index contributed by atoms with van der Waals surface area (Å²) in [7, 11) is 1.90. The highest BCUT2D eigenvalue weighted by atomic mass is 32.1. The van der Waals surface area contributed by atoms with E-state index >= 15 is 0 Å². The highest BCUT2D eigenvalue weighted by Crippen LogP contribution is 2.21. The Kier molecular flexibility index (Phi) is 12.0. The van der Waals surface area contributed by atoms with Crippen LogP contribution in [0.4, 0.5) is 0 Å². The number of thiazole rings is 1. The molecule has 0 fully saturated rings. The number of carbonyl (C=O) groups excluding carboxylic acids is 3. The topological polar surface area (TPSA) is 79.4 Å². The molecule has 0 saturated heterocycles. The fraction of sp³-hybridized carbons (Fsp3) is 0.517. The van der Waals surface area contributed by atoms with Crippen LogP contribution in [0.3, 0.4) is 0 Å². The molecule has 2 amide bonds. The van der Waals surface area contributed by atoms with Crippen LogP contribution in [0.25, 0.3) is 0 Å². The number of allylic oxidation sites excluding steroid dienone is 1. The van der Waals surface area contributed by atoms with Crippen molar-refractivity contribution in [2.24, 2.45) is 11.8 Å². The smallest absolute Gasteiger partial charge is 0.271 e. The highest BCUT2D eigenvalue weighted by molar-refractivity contribution is 7.09. The molecule has 2 aromatic rings. The van der Waals surface area contributed by atoms with Gasteiger partial charge in [0.2, 0.25) is 5.91 Å². The first-order chi connectivity index (χ1) is 17.1. The first-order valence-corrected chi connectivity index (χ1v) is 13.7. The van der Waals surface area contributed by atoms with Crippen molar-refractivity contribution >= 4 is 29.4 Å². The van der Waals surface area contributed by atoms with Crippen LogP contribution in [0.2, 0.25) is 0 Å². The van der Waals surface area contributed by atoms with Crippen molar-refractivity contribution in [3.8, 4) is 0 Å². The van der Waals surface area contributed by atoms with Gasteiger partial charge in [0.15, 0.2) is 0 Å². The summed E-state index contributed by atoms with van der Waals surface area (Å²) in [6, 6.07) is 9.66. The molecule has 0 aliphatic heterocycles. The molecule has 1 heterocycles. The Morgan fingerprint density at radius 3 is 2.47 bits per heavy atom. The first kappa shape index (κ1) is 29.4. The van der Waals surface area contributed by atoms with Gasteiger partial charge in [-0.25, -0.2) is 4.98 Å². The van der Waals surface area contributed by atoms with Gasteiger partial charge < -0.3 is 10.2 Å². The molecule has 0 saturated carbocycles. The summed E-state index contributed by atoms with van der Waals surface area (Å²) in [4.78, 5) is 43.3. The number of nitrogens with zero attached hydrogens (tertiary/aromatic N) is 2. The van der Waals surface area contributed by atoms with Gasteiger partial charge in [0.1, 0.15) is 12.0 Å². The Morgan fingerprint density at radius 2 is 1.86 bits per heavy atom. The van der Waals surface area contributed by atoms with Crippen molar-refractivity contribution in [2.75, 3.05) is 7.05 Å². The Hall–Kier alpha value is -2.80. The predicted molar refractivity (Wildman–Crippen MR) is 147 cm³/mol. The van der Waals surface area contributed by atoms with Gasteiger partial charge in [-0.3, -0.25) is 14.4 Å². The minimum Gasteiger partial charge on any atom is -0.344 e. The number of aryl methyl sites for hydroxylation is 1. The largest absolute Gasteiger partial charge is 0.344 e. The monoisotopic (exact) mass is 511 g/mol. The van der Waals surface area contributed by atoms with Crippen molar-refractivity contribution in [2.45, 2.75) is 78.8 Å². The molecule has 0 radical (unpaired) electrons. The second-order valence-electron chi connectivity index (χ2n) is 10.00. The number of nitrogens with one attached hydrogen (secondary N) is 1. The summed E-state index contributed by atoms with van der Waals surface area (Å²) >= 11 is 1.47. The van der Waals surface area contributed by atoms with E-state index in [1.54, 1.807) is 18.4 Å². The molecule has 0 aliphatic carbocycles. The number of hydrogen-bond donors (Lipinski definition) is 1. The van der Waals surface area contributed by atoms with Crippen LogP contribution in [0.5, 0.6) is 0 Å². The lowest BCUT2D eigenvalue weighted by molar-refractivity contribution is -0.133. The van der Waals surface area contributed by atoms with Crippen LogP contribution in [0.15, 0.2) is 47.4 Å². The van der Waals surface area contributed by atoms with E-state index in [-0.39, 0.29) is 23.9 Å². The number of carbonyl (C=O) groups is 3. The maximum atomic E-state index is 13.0. The van der Waals surface area contributed by atoms with Crippen molar-refractivity contribution in [1.29, 1.82) is 0 Å². The molecule has 0 bridgehead atoms. The van der Waals surface area contributed by atoms with Crippen LogP contribution < -0.4 is 5.32 Å². The summed E-state index contributed by atoms with van der Waals surface area (Å²) in [5, 5.41) is 5.68. The third kappa shape index (κ3) is 9.34. The van der Waals surface area contributed by atoms with E-state index < -0.39 is 0 Å². The molecule has 3 atom stereocenters. The van der Waals surface area contributed by atoms with Crippen LogP contribution in [0.1, 0.15) is 74.9 Å². The fourth-order valence-electron chi connectivity index (χ4n) is 4.17. The van der Waals surface area contributed by atoms with Crippen LogP contribution in [-0.4, -0.2) is 47.1 Å². The van der Waals surface area contributed by atoms with E-state index in [0.29, 0.717) is 42.4 Å². The van der Waals surface area contributed by atoms with Crippen molar-refractivity contribution in [3.63, 3.8) is 0 Å². The maximum Gasteiger partial charge on any atom is 0.271 e. The van der Waals surface area contributed by atoms with Crippen molar-refractivity contribution in [1.82, 2.24) is 15.2 Å². The van der Waals surface area contributed by atoms with Gasteiger partial charge in [0.25, 0.3) is 5.91 Å². The third-order valence-electron chi connectivity index (χ3n) is 6.58. The number of amides is 2. The molecule has 1 aromatic heterocycles. The summed E-state index contributed by atoms with van der Waals surface area (Å²) in [5.41, 5.74) is 2.03. The second kappa shape index (κ2) is 14.7. The molecule has 7 heteroatoms. The van der Waals surface area contributed by atoms with Crippen molar-refractivity contribution < 1.29 is 14.4 Å². The average Bonchev–Trinajstić information content (AvgIpc) is 3.33. The third-order valence-corrected chi connectivity index (χ3v) is 7.49. The summed E-state index contributed by atoms with van der Waals surface area (Å²) in [6.45, 7) is 10.2. The lowest BCUT2D eigenvalue weighted by atomic mass is 9.96. The minimum atomic E-state index is -0.314. The number of aldehydes is 1. The van der Waals surface area contributed by atoms with Gasteiger partial charge in [-0.2, -0.15) is 0 Å². The van der Waals surface area contributed by atoms with Gasteiger partial charge in [0.05, 0.1) is 11.0 Å². The molecule has 6 nitrogen and oxygen atoms in total. The summed E-state index contributed by atoms with van der Waals surface area (Å²) < 4.78 is 0. The molecular weight excluding hydrogens is 470 g/mol. The SMILES string of the molecule is CCC(C)CC(=O)N(C)C(CCc1nc(C(=O)NC(/C=C(\C)C=O)Cc2ccccc2)cs1)C(C)C. The quantitative estimate of drug-likeness (QED) is 0.269. The zero-order chi connectivity index (χ0) is 26.7. The van der Waals surface area contributed by atoms with E-state index in [1.165, 1.54) is 11.3 Å². The number of aromatic nitrogens is 1. The Labute approximate surface area is 220 Å². The number of rotatable bonds is 14.